The van der Waals surface area contributed by atoms with Gasteiger partial charge in [-0.3, -0.25) is 4.31 Å². The molecule has 0 aromatic heterocycles. The van der Waals surface area contributed by atoms with Crippen LogP contribution >= 0.6 is 0 Å². The molecule has 0 heterocycles. The molecule has 0 atom stereocenters. The van der Waals surface area contributed by atoms with Crippen molar-refractivity contribution in [1.82, 2.24) is 0 Å². The highest BCUT2D eigenvalue weighted by molar-refractivity contribution is 7.92. The van der Waals surface area contributed by atoms with Crippen LogP contribution in [0.15, 0.2) is 47.4 Å². The third kappa shape index (κ3) is 2.82. The summed E-state index contributed by atoms with van der Waals surface area (Å²) in [6, 6.07) is 8.66. The Hall–Kier alpha value is -2.15. The van der Waals surface area contributed by atoms with E-state index in [1.165, 1.54) is 31.2 Å². The summed E-state index contributed by atoms with van der Waals surface area (Å²) < 4.78 is 53.6. The second-order valence-electron chi connectivity index (χ2n) is 4.31. The molecule has 0 amide bonds. The molecule has 2 aromatic carbocycles. The SMILES string of the molecule is CCN(c1ccccc1F)S(=O)(=O)c1cc(N)ccc1F. The number of nitrogens with zero attached hydrogens (tertiary/aromatic N) is 1. The van der Waals surface area contributed by atoms with E-state index in [-0.39, 0.29) is 17.9 Å². The molecule has 0 unspecified atom stereocenters. The molecule has 2 N–H and O–H groups in total. The third-order valence-electron chi connectivity index (χ3n) is 2.93. The summed E-state index contributed by atoms with van der Waals surface area (Å²) in [6.07, 6.45) is 0. The maximum atomic E-state index is 13.8. The van der Waals surface area contributed by atoms with Gasteiger partial charge in [0.05, 0.1) is 5.69 Å². The van der Waals surface area contributed by atoms with Crippen LogP contribution in [-0.4, -0.2) is 15.0 Å². The van der Waals surface area contributed by atoms with Crippen molar-refractivity contribution >= 4 is 21.4 Å². The normalized spacial score (nSPS) is 11.4. The van der Waals surface area contributed by atoms with Gasteiger partial charge in [-0.15, -0.1) is 0 Å². The number of anilines is 2. The average molecular weight is 312 g/mol. The topological polar surface area (TPSA) is 63.4 Å². The van der Waals surface area contributed by atoms with E-state index in [9.17, 15) is 17.2 Å². The van der Waals surface area contributed by atoms with Crippen molar-refractivity contribution in [2.75, 3.05) is 16.6 Å². The highest BCUT2D eigenvalue weighted by atomic mass is 32.2. The first-order valence-corrected chi connectivity index (χ1v) is 7.64. The number of hydrogen-bond donors (Lipinski definition) is 1. The van der Waals surface area contributed by atoms with Gasteiger partial charge in [-0.2, -0.15) is 0 Å². The highest BCUT2D eigenvalue weighted by Gasteiger charge is 2.28. The smallest absolute Gasteiger partial charge is 0.267 e. The molecular formula is C14H14F2N2O2S. The Kier molecular flexibility index (Phi) is 4.13. The highest BCUT2D eigenvalue weighted by Crippen LogP contribution is 2.28. The van der Waals surface area contributed by atoms with E-state index in [4.69, 9.17) is 5.73 Å². The fourth-order valence-electron chi connectivity index (χ4n) is 1.96. The summed E-state index contributed by atoms with van der Waals surface area (Å²) in [5.41, 5.74) is 5.48. The molecular weight excluding hydrogens is 298 g/mol. The quantitative estimate of drug-likeness (QED) is 0.883. The lowest BCUT2D eigenvalue weighted by Gasteiger charge is -2.23. The number of halogens is 2. The number of benzene rings is 2. The molecule has 112 valence electrons. The molecule has 2 rings (SSSR count). The fourth-order valence-corrected chi connectivity index (χ4v) is 3.54. The third-order valence-corrected chi connectivity index (χ3v) is 4.84. The summed E-state index contributed by atoms with van der Waals surface area (Å²) in [7, 11) is -4.24. The van der Waals surface area contributed by atoms with E-state index >= 15 is 0 Å². The van der Waals surface area contributed by atoms with Gasteiger partial charge in [-0.25, -0.2) is 17.2 Å². The van der Waals surface area contributed by atoms with Crippen LogP contribution in [-0.2, 0) is 10.0 Å². The predicted molar refractivity (Wildman–Crippen MR) is 77.4 cm³/mol. The Balaban J connectivity index is 2.61. The van der Waals surface area contributed by atoms with Gasteiger partial charge in [-0.05, 0) is 37.3 Å². The van der Waals surface area contributed by atoms with Gasteiger partial charge >= 0.3 is 0 Å². The number of sulfonamides is 1. The van der Waals surface area contributed by atoms with Gasteiger partial charge in [0.2, 0.25) is 0 Å². The van der Waals surface area contributed by atoms with Crippen LogP contribution in [0.2, 0.25) is 0 Å². The Bertz CT molecular complexity index is 763. The molecule has 0 aliphatic carbocycles. The van der Waals surface area contributed by atoms with E-state index < -0.39 is 26.6 Å². The lowest BCUT2D eigenvalue weighted by molar-refractivity contribution is 0.562. The molecule has 7 heteroatoms. The molecule has 0 saturated heterocycles. The largest absolute Gasteiger partial charge is 0.399 e. The van der Waals surface area contributed by atoms with Crippen molar-refractivity contribution in [3.05, 3.63) is 54.1 Å². The Labute approximate surface area is 121 Å². The van der Waals surface area contributed by atoms with Crippen LogP contribution in [0, 0.1) is 11.6 Å². The number of para-hydroxylation sites is 1. The minimum atomic E-state index is -4.24. The maximum Gasteiger partial charge on any atom is 0.267 e. The molecule has 0 saturated carbocycles. The Morgan fingerprint density at radius 3 is 2.38 bits per heavy atom. The van der Waals surface area contributed by atoms with E-state index in [0.29, 0.717) is 0 Å². The molecule has 0 fully saturated rings. The molecule has 0 radical (unpaired) electrons. The molecule has 4 nitrogen and oxygen atoms in total. The van der Waals surface area contributed by atoms with Crippen LogP contribution in [0.3, 0.4) is 0 Å². The van der Waals surface area contributed by atoms with Crippen LogP contribution < -0.4 is 10.0 Å². The summed E-state index contributed by atoms with van der Waals surface area (Å²) in [5.74, 6) is -1.63. The van der Waals surface area contributed by atoms with E-state index in [0.717, 1.165) is 22.5 Å². The number of hydrogen-bond acceptors (Lipinski definition) is 3. The van der Waals surface area contributed by atoms with Crippen LogP contribution in [0.4, 0.5) is 20.2 Å². The van der Waals surface area contributed by atoms with Gasteiger partial charge in [0.15, 0.2) is 0 Å². The summed E-state index contributed by atoms with van der Waals surface area (Å²) >= 11 is 0. The monoisotopic (exact) mass is 312 g/mol. The van der Waals surface area contributed by atoms with Crippen molar-refractivity contribution < 1.29 is 17.2 Å². The standard InChI is InChI=1S/C14H14F2N2O2S/c1-2-18(13-6-4-3-5-11(13)15)21(19,20)14-9-10(17)7-8-12(14)16/h3-9H,2,17H2,1H3. The van der Waals surface area contributed by atoms with Crippen molar-refractivity contribution in [2.24, 2.45) is 0 Å². The second kappa shape index (κ2) is 5.69. The Morgan fingerprint density at radius 2 is 1.76 bits per heavy atom. The molecule has 2 aromatic rings. The molecule has 0 aliphatic rings. The van der Waals surface area contributed by atoms with Crippen LogP contribution in [0.5, 0.6) is 0 Å². The van der Waals surface area contributed by atoms with Gasteiger partial charge in [0.25, 0.3) is 10.0 Å². The van der Waals surface area contributed by atoms with Crippen molar-refractivity contribution in [3.8, 4) is 0 Å². The van der Waals surface area contributed by atoms with E-state index in [1.807, 2.05) is 0 Å². The first kappa shape index (κ1) is 15.2. The maximum absolute atomic E-state index is 13.8. The zero-order valence-corrected chi connectivity index (χ0v) is 12.1. The first-order valence-electron chi connectivity index (χ1n) is 6.20. The van der Waals surface area contributed by atoms with E-state index in [2.05, 4.69) is 0 Å². The number of rotatable bonds is 4. The lowest BCUT2D eigenvalue weighted by atomic mass is 10.3. The van der Waals surface area contributed by atoms with Gasteiger partial charge in [0, 0.05) is 12.2 Å². The summed E-state index contributed by atoms with van der Waals surface area (Å²) in [6.45, 7) is 1.49. The minimum Gasteiger partial charge on any atom is -0.399 e. The summed E-state index contributed by atoms with van der Waals surface area (Å²) in [5, 5.41) is 0. The van der Waals surface area contributed by atoms with Gasteiger partial charge in [0.1, 0.15) is 16.5 Å². The van der Waals surface area contributed by atoms with Crippen molar-refractivity contribution in [3.63, 3.8) is 0 Å². The van der Waals surface area contributed by atoms with Gasteiger partial charge < -0.3 is 5.73 Å². The number of nitrogen functional groups attached to an aromatic ring is 1. The zero-order chi connectivity index (χ0) is 15.6. The summed E-state index contributed by atoms with van der Waals surface area (Å²) in [4.78, 5) is -0.576. The lowest BCUT2D eigenvalue weighted by Crippen LogP contribution is -2.32. The molecule has 0 bridgehead atoms. The second-order valence-corrected chi connectivity index (χ2v) is 6.14. The predicted octanol–water partition coefficient (Wildman–Crippen LogP) is 2.76. The van der Waals surface area contributed by atoms with Crippen LogP contribution in [0.1, 0.15) is 6.92 Å². The first-order chi connectivity index (χ1) is 9.87. The fraction of sp³-hybridized carbons (Fsp3) is 0.143. The molecule has 21 heavy (non-hydrogen) atoms. The molecule has 0 aliphatic heterocycles. The minimum absolute atomic E-state index is 0.0441. The van der Waals surface area contributed by atoms with Crippen LogP contribution in [0.25, 0.3) is 0 Å². The van der Waals surface area contributed by atoms with Crippen molar-refractivity contribution in [1.29, 1.82) is 0 Å². The van der Waals surface area contributed by atoms with E-state index in [1.54, 1.807) is 0 Å². The zero-order valence-electron chi connectivity index (χ0n) is 11.3. The molecule has 0 spiro atoms. The number of nitrogens with two attached hydrogens (primary N) is 1. The van der Waals surface area contributed by atoms with Gasteiger partial charge in [-0.1, -0.05) is 12.1 Å². The van der Waals surface area contributed by atoms with Crippen molar-refractivity contribution in [2.45, 2.75) is 11.8 Å². The average Bonchev–Trinajstić information content (AvgIpc) is 2.44. The Morgan fingerprint density at radius 1 is 1.10 bits per heavy atom.